The molecule has 0 aliphatic carbocycles. The van der Waals surface area contributed by atoms with Crippen LogP contribution in [0.1, 0.15) is 18.1 Å². The molecule has 1 aromatic heterocycles. The van der Waals surface area contributed by atoms with Gasteiger partial charge >= 0.3 is 0 Å². The van der Waals surface area contributed by atoms with Crippen molar-refractivity contribution in [1.29, 1.82) is 0 Å². The zero-order valence-corrected chi connectivity index (χ0v) is 10.4. The lowest BCUT2D eigenvalue weighted by Gasteiger charge is -2.06. The summed E-state index contributed by atoms with van der Waals surface area (Å²) in [5.41, 5.74) is 2.40. The molecular weight excluding hydrogens is 230 g/mol. The molecule has 0 aliphatic rings. The first-order valence-electron chi connectivity index (χ1n) is 5.58. The van der Waals surface area contributed by atoms with Crippen molar-refractivity contribution in [2.45, 2.75) is 13.5 Å². The first-order valence-corrected chi connectivity index (χ1v) is 5.58. The minimum Gasteiger partial charge on any atom is -0.489 e. The number of hydrogen-bond acceptors (Lipinski definition) is 4. The van der Waals surface area contributed by atoms with E-state index in [0.29, 0.717) is 12.3 Å². The summed E-state index contributed by atoms with van der Waals surface area (Å²) in [5, 5.41) is 16.0. The molecular formula is C13H15N3O2. The van der Waals surface area contributed by atoms with Crippen LogP contribution in [0.5, 0.6) is 5.75 Å². The van der Waals surface area contributed by atoms with Crippen LogP contribution < -0.4 is 4.74 Å². The molecule has 1 aromatic carbocycles. The van der Waals surface area contributed by atoms with E-state index in [1.165, 1.54) is 0 Å². The highest BCUT2D eigenvalue weighted by Crippen LogP contribution is 2.15. The second-order valence-electron chi connectivity index (χ2n) is 4.02. The van der Waals surface area contributed by atoms with Crippen LogP contribution in [0.15, 0.2) is 41.8 Å². The first kappa shape index (κ1) is 12.2. The van der Waals surface area contributed by atoms with E-state index < -0.39 is 0 Å². The van der Waals surface area contributed by atoms with E-state index in [1.807, 2.05) is 37.5 Å². The zero-order chi connectivity index (χ0) is 13.0. The second kappa shape index (κ2) is 5.35. The third-order valence-corrected chi connectivity index (χ3v) is 2.57. The van der Waals surface area contributed by atoms with Crippen molar-refractivity contribution in [2.24, 2.45) is 12.2 Å². The number of ether oxygens (including phenoxy) is 1. The van der Waals surface area contributed by atoms with Crippen molar-refractivity contribution in [3.63, 3.8) is 0 Å². The summed E-state index contributed by atoms with van der Waals surface area (Å²) in [5.74, 6) is 0.736. The Labute approximate surface area is 105 Å². The van der Waals surface area contributed by atoms with E-state index in [4.69, 9.17) is 9.94 Å². The van der Waals surface area contributed by atoms with Crippen LogP contribution in [0.4, 0.5) is 0 Å². The van der Waals surface area contributed by atoms with Gasteiger partial charge in [0.15, 0.2) is 0 Å². The highest BCUT2D eigenvalue weighted by molar-refractivity contribution is 5.98. The molecule has 0 radical (unpaired) electrons. The third-order valence-electron chi connectivity index (χ3n) is 2.57. The van der Waals surface area contributed by atoms with Gasteiger partial charge in [-0.2, -0.15) is 5.10 Å². The maximum Gasteiger partial charge on any atom is 0.120 e. The van der Waals surface area contributed by atoms with Crippen LogP contribution in [-0.2, 0) is 13.7 Å². The van der Waals surface area contributed by atoms with Gasteiger partial charge in [-0.15, -0.1) is 0 Å². The van der Waals surface area contributed by atoms with Gasteiger partial charge in [0.1, 0.15) is 12.4 Å². The third kappa shape index (κ3) is 2.88. The molecule has 5 heteroatoms. The van der Waals surface area contributed by atoms with Crippen LogP contribution in [-0.4, -0.2) is 20.7 Å². The summed E-state index contributed by atoms with van der Waals surface area (Å²) in [7, 11) is 1.87. The largest absolute Gasteiger partial charge is 0.489 e. The fourth-order valence-corrected chi connectivity index (χ4v) is 1.58. The second-order valence-corrected chi connectivity index (χ2v) is 4.02. The Balaban J connectivity index is 2.05. The average Bonchev–Trinajstić information content (AvgIpc) is 2.81. The summed E-state index contributed by atoms with van der Waals surface area (Å²) in [6.45, 7) is 2.20. The topological polar surface area (TPSA) is 59.6 Å². The molecule has 0 aliphatic heterocycles. The van der Waals surface area contributed by atoms with Gasteiger partial charge in [-0.25, -0.2) is 0 Å². The monoisotopic (exact) mass is 245 g/mol. The molecule has 2 aromatic rings. The summed E-state index contributed by atoms with van der Waals surface area (Å²) >= 11 is 0. The molecule has 18 heavy (non-hydrogen) atoms. The molecule has 2 rings (SSSR count). The molecule has 94 valence electrons. The molecule has 0 amide bonds. The van der Waals surface area contributed by atoms with Gasteiger partial charge in [-0.3, -0.25) is 4.68 Å². The Bertz CT molecular complexity index is 561. The smallest absolute Gasteiger partial charge is 0.120 e. The Hall–Kier alpha value is -2.30. The Morgan fingerprint density at radius 1 is 1.50 bits per heavy atom. The number of rotatable bonds is 4. The lowest BCUT2D eigenvalue weighted by molar-refractivity contribution is 0.306. The Kier molecular flexibility index (Phi) is 3.62. The summed E-state index contributed by atoms with van der Waals surface area (Å²) < 4.78 is 7.38. The SMILES string of the molecule is CC(=NO)c1cccc(OCc2cnn(C)c2)c1. The van der Waals surface area contributed by atoms with Crippen LogP contribution in [0.3, 0.4) is 0 Å². The van der Waals surface area contributed by atoms with E-state index in [9.17, 15) is 0 Å². The van der Waals surface area contributed by atoms with Crippen molar-refractivity contribution in [3.8, 4) is 5.75 Å². The molecule has 1 N–H and O–H groups in total. The van der Waals surface area contributed by atoms with Gasteiger partial charge in [-0.05, 0) is 19.1 Å². The molecule has 0 atom stereocenters. The number of aromatic nitrogens is 2. The quantitative estimate of drug-likeness (QED) is 0.510. The fraction of sp³-hybridized carbons (Fsp3) is 0.231. The molecule has 0 spiro atoms. The van der Waals surface area contributed by atoms with Crippen LogP contribution in [0.2, 0.25) is 0 Å². The Morgan fingerprint density at radius 2 is 2.33 bits per heavy atom. The minimum absolute atomic E-state index is 0.465. The molecule has 1 heterocycles. The maximum atomic E-state index is 8.73. The Morgan fingerprint density at radius 3 is 3.00 bits per heavy atom. The number of benzene rings is 1. The highest BCUT2D eigenvalue weighted by atomic mass is 16.5. The molecule has 5 nitrogen and oxygen atoms in total. The van der Waals surface area contributed by atoms with Crippen molar-refractivity contribution in [1.82, 2.24) is 9.78 Å². The van der Waals surface area contributed by atoms with E-state index in [-0.39, 0.29) is 0 Å². The van der Waals surface area contributed by atoms with Gasteiger partial charge in [0.2, 0.25) is 0 Å². The number of nitrogens with zero attached hydrogens (tertiary/aromatic N) is 3. The van der Waals surface area contributed by atoms with Gasteiger partial charge in [0, 0.05) is 24.4 Å². The molecule has 0 bridgehead atoms. The van der Waals surface area contributed by atoms with Gasteiger partial charge < -0.3 is 9.94 Å². The van der Waals surface area contributed by atoms with Gasteiger partial charge in [0.25, 0.3) is 0 Å². The fourth-order valence-electron chi connectivity index (χ4n) is 1.58. The van der Waals surface area contributed by atoms with E-state index in [2.05, 4.69) is 10.3 Å². The summed E-state index contributed by atoms with van der Waals surface area (Å²) in [6.07, 6.45) is 3.68. The standard InChI is InChI=1S/C13H15N3O2/c1-10(15-17)12-4-3-5-13(6-12)18-9-11-7-14-16(2)8-11/h3-8,17H,9H2,1-2H3. The first-order chi connectivity index (χ1) is 8.69. The van der Waals surface area contributed by atoms with Crippen molar-refractivity contribution < 1.29 is 9.94 Å². The predicted molar refractivity (Wildman–Crippen MR) is 68.0 cm³/mol. The summed E-state index contributed by atoms with van der Waals surface area (Å²) in [4.78, 5) is 0. The van der Waals surface area contributed by atoms with Gasteiger partial charge in [-0.1, -0.05) is 17.3 Å². The highest BCUT2D eigenvalue weighted by Gasteiger charge is 2.02. The van der Waals surface area contributed by atoms with Crippen LogP contribution >= 0.6 is 0 Å². The minimum atomic E-state index is 0.465. The van der Waals surface area contributed by atoms with Gasteiger partial charge in [0.05, 0.1) is 11.9 Å². The molecule has 0 fully saturated rings. The molecule has 0 saturated carbocycles. The number of oxime groups is 1. The predicted octanol–water partition coefficient (Wildman–Crippen LogP) is 2.20. The van der Waals surface area contributed by atoms with Crippen molar-refractivity contribution in [3.05, 3.63) is 47.8 Å². The van der Waals surface area contributed by atoms with E-state index in [1.54, 1.807) is 17.8 Å². The van der Waals surface area contributed by atoms with Crippen molar-refractivity contribution in [2.75, 3.05) is 0 Å². The van der Waals surface area contributed by atoms with Crippen molar-refractivity contribution >= 4 is 5.71 Å². The lowest BCUT2D eigenvalue weighted by Crippen LogP contribution is -1.98. The van der Waals surface area contributed by atoms with E-state index >= 15 is 0 Å². The number of aryl methyl sites for hydroxylation is 1. The zero-order valence-electron chi connectivity index (χ0n) is 10.4. The van der Waals surface area contributed by atoms with Crippen LogP contribution in [0, 0.1) is 0 Å². The normalized spacial score (nSPS) is 11.6. The van der Waals surface area contributed by atoms with E-state index in [0.717, 1.165) is 16.9 Å². The average molecular weight is 245 g/mol. The lowest BCUT2D eigenvalue weighted by atomic mass is 10.1. The molecule has 0 unspecified atom stereocenters. The molecule has 0 saturated heterocycles. The summed E-state index contributed by atoms with van der Waals surface area (Å²) in [6, 6.07) is 7.44. The number of hydrogen-bond donors (Lipinski definition) is 1. The van der Waals surface area contributed by atoms with Crippen LogP contribution in [0.25, 0.3) is 0 Å². The maximum absolute atomic E-state index is 8.73.